The fourth-order valence-electron chi connectivity index (χ4n) is 2.28. The van der Waals surface area contributed by atoms with Gasteiger partial charge < -0.3 is 5.32 Å². The molecule has 4 heteroatoms. The van der Waals surface area contributed by atoms with Gasteiger partial charge in [0.1, 0.15) is 11.6 Å². The summed E-state index contributed by atoms with van der Waals surface area (Å²) in [5.74, 6) is 0.366. The van der Waals surface area contributed by atoms with Gasteiger partial charge in [0, 0.05) is 17.7 Å². The number of carbonyl (C=O) groups excluding carboxylic acids is 1. The predicted octanol–water partition coefficient (Wildman–Crippen LogP) is 2.81. The zero-order chi connectivity index (χ0) is 13.5. The maximum Gasteiger partial charge on any atom is 0.229 e. The third-order valence-corrected chi connectivity index (χ3v) is 3.42. The van der Waals surface area contributed by atoms with Gasteiger partial charge >= 0.3 is 0 Å². The number of hydrogen-bond donors (Lipinski definition) is 1. The van der Waals surface area contributed by atoms with Crippen LogP contribution in [-0.4, -0.2) is 5.91 Å². The second kappa shape index (κ2) is 4.09. The summed E-state index contributed by atoms with van der Waals surface area (Å²) in [5, 5.41) is 2.49. The number of amides is 1. The van der Waals surface area contributed by atoms with E-state index in [1.807, 2.05) is 13.8 Å². The third kappa shape index (κ3) is 2.08. The third-order valence-electron chi connectivity index (χ3n) is 3.42. The highest BCUT2D eigenvalue weighted by molar-refractivity contribution is 5.95. The molecule has 0 radical (unpaired) electrons. The van der Waals surface area contributed by atoms with Crippen molar-refractivity contribution in [3.63, 3.8) is 0 Å². The van der Waals surface area contributed by atoms with E-state index < -0.39 is 11.6 Å². The second-order valence-electron chi connectivity index (χ2n) is 5.09. The normalized spacial score (nSPS) is 24.2. The summed E-state index contributed by atoms with van der Waals surface area (Å²) in [5.41, 5.74) is -0.152. The van der Waals surface area contributed by atoms with Gasteiger partial charge in [-0.3, -0.25) is 4.79 Å². The molecule has 1 aromatic rings. The van der Waals surface area contributed by atoms with Crippen molar-refractivity contribution >= 4 is 11.6 Å². The molecule has 94 valence electrons. The van der Waals surface area contributed by atoms with E-state index >= 15 is 0 Å². The van der Waals surface area contributed by atoms with Gasteiger partial charge in [-0.2, -0.15) is 0 Å². The minimum atomic E-state index is -0.728. The van der Waals surface area contributed by atoms with Gasteiger partial charge in [-0.15, -0.1) is 12.3 Å². The molecule has 1 aliphatic carbocycles. The number of benzene rings is 1. The lowest BCUT2D eigenvalue weighted by atomic mass is 10.1. The van der Waals surface area contributed by atoms with Crippen molar-refractivity contribution in [1.29, 1.82) is 0 Å². The van der Waals surface area contributed by atoms with Crippen LogP contribution >= 0.6 is 0 Å². The van der Waals surface area contributed by atoms with Crippen LogP contribution in [0.4, 0.5) is 14.5 Å². The lowest BCUT2D eigenvalue weighted by molar-refractivity contribution is -0.118. The number of nitrogens with one attached hydrogen (secondary N) is 1. The van der Waals surface area contributed by atoms with Gasteiger partial charge in [0.15, 0.2) is 0 Å². The molecule has 1 aromatic carbocycles. The molecule has 18 heavy (non-hydrogen) atoms. The van der Waals surface area contributed by atoms with Gasteiger partial charge in [-0.1, -0.05) is 13.8 Å². The van der Waals surface area contributed by atoms with E-state index in [0.717, 1.165) is 18.2 Å². The van der Waals surface area contributed by atoms with E-state index in [1.165, 1.54) is 0 Å². The molecule has 1 N–H and O–H groups in total. The first-order valence-electron chi connectivity index (χ1n) is 5.59. The minimum Gasteiger partial charge on any atom is -0.326 e. The lowest BCUT2D eigenvalue weighted by Gasteiger charge is -2.06. The lowest BCUT2D eigenvalue weighted by Crippen LogP contribution is -2.17. The highest BCUT2D eigenvalue weighted by atomic mass is 19.1. The standard InChI is InChI=1S/C14H13F2NO/c1-4-11-12(14(11,2)3)13(18)17-10-6-8(15)5-9(16)7-10/h1,5-7,11-12H,2-3H3,(H,17,18)/t11-,12?/m1/s1. The van der Waals surface area contributed by atoms with Gasteiger partial charge in [0.2, 0.25) is 5.91 Å². The molecule has 0 bridgehead atoms. The molecule has 2 atom stereocenters. The predicted molar refractivity (Wildman–Crippen MR) is 64.6 cm³/mol. The Morgan fingerprint density at radius 3 is 2.33 bits per heavy atom. The summed E-state index contributed by atoms with van der Waals surface area (Å²) in [6.07, 6.45) is 5.33. The molecule has 0 heterocycles. The number of carbonyl (C=O) groups is 1. The van der Waals surface area contributed by atoms with Crippen molar-refractivity contribution < 1.29 is 13.6 Å². The average molecular weight is 249 g/mol. The maximum atomic E-state index is 13.0. The van der Waals surface area contributed by atoms with Gasteiger partial charge in [0.25, 0.3) is 0 Å². The summed E-state index contributed by atoms with van der Waals surface area (Å²) in [6.45, 7) is 3.79. The SMILES string of the molecule is C#C[C@@H]1C(C(=O)Nc2cc(F)cc(F)c2)C1(C)C. The molecule has 0 aliphatic heterocycles. The van der Waals surface area contributed by atoms with Crippen molar-refractivity contribution in [3.8, 4) is 12.3 Å². The fourth-order valence-corrected chi connectivity index (χ4v) is 2.28. The Hall–Kier alpha value is -1.89. The Balaban J connectivity index is 2.12. The van der Waals surface area contributed by atoms with Crippen LogP contribution in [0.1, 0.15) is 13.8 Å². The molecule has 1 unspecified atom stereocenters. The summed E-state index contributed by atoms with van der Waals surface area (Å²) >= 11 is 0. The molecule has 1 aliphatic rings. The van der Waals surface area contributed by atoms with Gasteiger partial charge in [0.05, 0.1) is 5.92 Å². The van der Waals surface area contributed by atoms with Crippen molar-refractivity contribution in [3.05, 3.63) is 29.8 Å². The van der Waals surface area contributed by atoms with Crippen molar-refractivity contribution in [2.24, 2.45) is 17.3 Å². The quantitative estimate of drug-likeness (QED) is 0.802. The topological polar surface area (TPSA) is 29.1 Å². The summed E-state index contributed by atoms with van der Waals surface area (Å²) in [4.78, 5) is 11.9. The van der Waals surface area contributed by atoms with Crippen LogP contribution in [0.5, 0.6) is 0 Å². The van der Waals surface area contributed by atoms with Crippen LogP contribution in [0.25, 0.3) is 0 Å². The Morgan fingerprint density at radius 1 is 1.33 bits per heavy atom. The number of halogens is 2. The molecule has 1 saturated carbocycles. The van der Waals surface area contributed by atoms with Crippen molar-refractivity contribution in [2.45, 2.75) is 13.8 Å². The zero-order valence-corrected chi connectivity index (χ0v) is 10.1. The first kappa shape index (κ1) is 12.6. The van der Waals surface area contributed by atoms with Crippen LogP contribution in [0.3, 0.4) is 0 Å². The number of rotatable bonds is 2. The number of terminal acetylenes is 1. The summed E-state index contributed by atoms with van der Waals surface area (Å²) in [6, 6.07) is 2.89. The molecule has 1 fully saturated rings. The Kier molecular flexibility index (Phi) is 2.86. The Labute approximate surface area is 104 Å². The first-order valence-corrected chi connectivity index (χ1v) is 5.59. The Bertz CT molecular complexity index is 525. The largest absolute Gasteiger partial charge is 0.326 e. The Morgan fingerprint density at radius 2 is 1.89 bits per heavy atom. The van der Waals surface area contributed by atoms with Crippen LogP contribution < -0.4 is 5.32 Å². The molecule has 0 aromatic heterocycles. The highest BCUT2D eigenvalue weighted by Crippen LogP contribution is 2.58. The molecule has 0 saturated heterocycles. The van der Waals surface area contributed by atoms with Crippen LogP contribution in [0.15, 0.2) is 18.2 Å². The van der Waals surface area contributed by atoms with Gasteiger partial charge in [-0.25, -0.2) is 8.78 Å². The van der Waals surface area contributed by atoms with Crippen LogP contribution in [0.2, 0.25) is 0 Å². The number of anilines is 1. The smallest absolute Gasteiger partial charge is 0.229 e. The minimum absolute atomic E-state index is 0.107. The summed E-state index contributed by atoms with van der Waals surface area (Å²) in [7, 11) is 0. The molecule has 0 spiro atoms. The van der Waals surface area contributed by atoms with E-state index in [1.54, 1.807) is 0 Å². The van der Waals surface area contributed by atoms with E-state index in [9.17, 15) is 13.6 Å². The van der Waals surface area contributed by atoms with Crippen molar-refractivity contribution in [2.75, 3.05) is 5.32 Å². The first-order chi connectivity index (χ1) is 8.36. The van der Waals surface area contributed by atoms with E-state index in [-0.39, 0.29) is 28.8 Å². The molecular formula is C14H13F2NO. The molecule has 1 amide bonds. The van der Waals surface area contributed by atoms with E-state index in [2.05, 4.69) is 11.2 Å². The highest BCUT2D eigenvalue weighted by Gasteiger charge is 2.61. The molecule has 2 nitrogen and oxygen atoms in total. The monoisotopic (exact) mass is 249 g/mol. The summed E-state index contributed by atoms with van der Waals surface area (Å²) < 4.78 is 25.9. The van der Waals surface area contributed by atoms with Gasteiger partial charge in [-0.05, 0) is 17.5 Å². The van der Waals surface area contributed by atoms with Crippen LogP contribution in [-0.2, 0) is 4.79 Å². The number of hydrogen-bond acceptors (Lipinski definition) is 1. The maximum absolute atomic E-state index is 13.0. The zero-order valence-electron chi connectivity index (χ0n) is 10.1. The van der Waals surface area contributed by atoms with Crippen molar-refractivity contribution in [1.82, 2.24) is 0 Å². The average Bonchev–Trinajstić information content (AvgIpc) is 2.78. The second-order valence-corrected chi connectivity index (χ2v) is 5.09. The van der Waals surface area contributed by atoms with E-state index in [4.69, 9.17) is 6.42 Å². The van der Waals surface area contributed by atoms with E-state index in [0.29, 0.717) is 0 Å². The molecular weight excluding hydrogens is 236 g/mol. The fraction of sp³-hybridized carbons (Fsp3) is 0.357. The van der Waals surface area contributed by atoms with Crippen LogP contribution in [0, 0.1) is 41.2 Å². The molecule has 2 rings (SSSR count).